The maximum absolute atomic E-state index is 11.4. The summed E-state index contributed by atoms with van der Waals surface area (Å²) in [6.45, 7) is 5.88. The van der Waals surface area contributed by atoms with Crippen molar-refractivity contribution in [3.63, 3.8) is 0 Å². The molecule has 0 bridgehead atoms. The van der Waals surface area contributed by atoms with Gasteiger partial charge in [-0.3, -0.25) is 4.79 Å². The Morgan fingerprint density at radius 3 is 2.38 bits per heavy atom. The van der Waals surface area contributed by atoms with Gasteiger partial charge in [-0.2, -0.15) is 0 Å². The minimum Gasteiger partial charge on any atom is -0.508 e. The van der Waals surface area contributed by atoms with Crippen molar-refractivity contribution in [3.05, 3.63) is 59.2 Å². The fourth-order valence-corrected chi connectivity index (χ4v) is 2.91. The number of phenols is 1. The second kappa shape index (κ2) is 6.81. The second-order valence-corrected chi connectivity index (χ2v) is 6.46. The van der Waals surface area contributed by atoms with Crippen molar-refractivity contribution >= 4 is 17.5 Å². The van der Waals surface area contributed by atoms with Crippen molar-refractivity contribution in [3.8, 4) is 5.75 Å². The van der Waals surface area contributed by atoms with Crippen LogP contribution in [0.25, 0.3) is 0 Å². The van der Waals surface area contributed by atoms with Gasteiger partial charge in [0.25, 0.3) is 0 Å². The van der Waals surface area contributed by atoms with Gasteiger partial charge in [-0.1, -0.05) is 26.0 Å². The molecular weight excluding hydrogens is 280 g/mol. The molecule has 21 heavy (non-hydrogen) atoms. The van der Waals surface area contributed by atoms with Crippen LogP contribution in [0.5, 0.6) is 5.75 Å². The molecule has 0 saturated carbocycles. The molecular formula is C18H20O2S. The first kappa shape index (κ1) is 15.6. The molecule has 0 radical (unpaired) electrons. The summed E-state index contributed by atoms with van der Waals surface area (Å²) in [5.41, 5.74) is 2.75. The predicted molar refractivity (Wildman–Crippen MR) is 88.2 cm³/mol. The number of hydrogen-bond donors (Lipinski definition) is 1. The van der Waals surface area contributed by atoms with Crippen molar-refractivity contribution in [1.29, 1.82) is 0 Å². The molecule has 0 heterocycles. The second-order valence-electron chi connectivity index (χ2n) is 5.41. The van der Waals surface area contributed by atoms with Crippen molar-refractivity contribution in [2.24, 2.45) is 0 Å². The molecule has 0 atom stereocenters. The van der Waals surface area contributed by atoms with Gasteiger partial charge in [0.1, 0.15) is 5.75 Å². The van der Waals surface area contributed by atoms with Crippen LogP contribution in [0, 0.1) is 0 Å². The Kier molecular flexibility index (Phi) is 5.07. The molecule has 0 amide bonds. The van der Waals surface area contributed by atoms with E-state index in [0.29, 0.717) is 17.2 Å². The van der Waals surface area contributed by atoms with E-state index in [1.807, 2.05) is 0 Å². The van der Waals surface area contributed by atoms with Crippen LogP contribution >= 0.6 is 11.8 Å². The molecule has 2 rings (SSSR count). The SMILES string of the molecule is CC(=O)c1ccc(O)c(CSc2ccc(C(C)C)cc2)c1. The molecule has 0 aliphatic rings. The Balaban J connectivity index is 2.09. The van der Waals surface area contributed by atoms with Gasteiger partial charge in [-0.05, 0) is 48.7 Å². The molecule has 1 N–H and O–H groups in total. The fraction of sp³-hybridized carbons (Fsp3) is 0.278. The zero-order chi connectivity index (χ0) is 15.4. The van der Waals surface area contributed by atoms with E-state index in [9.17, 15) is 9.90 Å². The fourth-order valence-electron chi connectivity index (χ4n) is 2.03. The van der Waals surface area contributed by atoms with Crippen LogP contribution in [0.15, 0.2) is 47.4 Å². The lowest BCUT2D eigenvalue weighted by molar-refractivity contribution is 0.101. The van der Waals surface area contributed by atoms with E-state index >= 15 is 0 Å². The van der Waals surface area contributed by atoms with E-state index in [0.717, 1.165) is 10.5 Å². The largest absolute Gasteiger partial charge is 0.508 e. The van der Waals surface area contributed by atoms with Crippen LogP contribution < -0.4 is 0 Å². The monoisotopic (exact) mass is 300 g/mol. The number of thioether (sulfide) groups is 1. The first-order chi connectivity index (χ1) is 9.97. The summed E-state index contributed by atoms with van der Waals surface area (Å²) in [6, 6.07) is 13.5. The Morgan fingerprint density at radius 2 is 1.81 bits per heavy atom. The van der Waals surface area contributed by atoms with Crippen molar-refractivity contribution in [2.45, 2.75) is 37.3 Å². The van der Waals surface area contributed by atoms with Crippen LogP contribution in [0.4, 0.5) is 0 Å². The molecule has 2 nitrogen and oxygen atoms in total. The van der Waals surface area contributed by atoms with E-state index < -0.39 is 0 Å². The summed E-state index contributed by atoms with van der Waals surface area (Å²) in [4.78, 5) is 12.6. The van der Waals surface area contributed by atoms with Gasteiger partial charge in [0.15, 0.2) is 5.78 Å². The van der Waals surface area contributed by atoms with E-state index in [2.05, 4.69) is 38.1 Å². The minimum atomic E-state index is 0.0162. The zero-order valence-corrected chi connectivity index (χ0v) is 13.4. The van der Waals surface area contributed by atoms with Gasteiger partial charge in [0.2, 0.25) is 0 Å². The lowest BCUT2D eigenvalue weighted by atomic mass is 10.0. The van der Waals surface area contributed by atoms with E-state index in [1.54, 1.807) is 30.0 Å². The van der Waals surface area contributed by atoms with Crippen LogP contribution in [0.3, 0.4) is 0 Å². The Labute approximate surface area is 130 Å². The summed E-state index contributed by atoms with van der Waals surface area (Å²) in [5, 5.41) is 9.89. The van der Waals surface area contributed by atoms with Crippen LogP contribution in [0.1, 0.15) is 48.2 Å². The third-order valence-electron chi connectivity index (χ3n) is 3.43. The first-order valence-electron chi connectivity index (χ1n) is 7.03. The topological polar surface area (TPSA) is 37.3 Å². The smallest absolute Gasteiger partial charge is 0.159 e. The number of aromatic hydroxyl groups is 1. The third kappa shape index (κ3) is 4.11. The molecule has 0 aromatic heterocycles. The van der Waals surface area contributed by atoms with E-state index in [4.69, 9.17) is 0 Å². The Bertz CT molecular complexity index is 630. The normalized spacial score (nSPS) is 10.9. The predicted octanol–water partition coefficient (Wildman–Crippen LogP) is 5.01. The summed E-state index contributed by atoms with van der Waals surface area (Å²) >= 11 is 1.66. The zero-order valence-electron chi connectivity index (χ0n) is 12.6. The standard InChI is InChI=1S/C18H20O2S/c1-12(2)14-4-7-17(8-5-14)21-11-16-10-15(13(3)19)6-9-18(16)20/h4-10,12,20H,11H2,1-3H3. The molecule has 0 aliphatic heterocycles. The number of phenolic OH excluding ortho intramolecular Hbond substituents is 1. The average molecular weight is 300 g/mol. The van der Waals surface area contributed by atoms with Crippen LogP contribution in [-0.4, -0.2) is 10.9 Å². The highest BCUT2D eigenvalue weighted by atomic mass is 32.2. The average Bonchev–Trinajstić information content (AvgIpc) is 2.46. The first-order valence-corrected chi connectivity index (χ1v) is 8.01. The number of rotatable bonds is 5. The van der Waals surface area contributed by atoms with Gasteiger partial charge in [-0.25, -0.2) is 0 Å². The molecule has 0 saturated heterocycles. The lowest BCUT2D eigenvalue weighted by Gasteiger charge is -2.08. The Morgan fingerprint density at radius 1 is 1.14 bits per heavy atom. The number of carbonyl (C=O) groups is 1. The third-order valence-corrected chi connectivity index (χ3v) is 4.49. The maximum Gasteiger partial charge on any atom is 0.159 e. The molecule has 2 aromatic carbocycles. The summed E-state index contributed by atoms with van der Waals surface area (Å²) in [6.07, 6.45) is 0. The van der Waals surface area contributed by atoms with Crippen LogP contribution in [-0.2, 0) is 5.75 Å². The Hall–Kier alpha value is -1.74. The molecule has 2 aromatic rings. The highest BCUT2D eigenvalue weighted by Gasteiger charge is 2.07. The van der Waals surface area contributed by atoms with Gasteiger partial charge < -0.3 is 5.11 Å². The lowest BCUT2D eigenvalue weighted by Crippen LogP contribution is -1.93. The van der Waals surface area contributed by atoms with Crippen molar-refractivity contribution in [1.82, 2.24) is 0 Å². The number of ketones is 1. The van der Waals surface area contributed by atoms with Gasteiger partial charge in [0, 0.05) is 21.8 Å². The molecule has 0 aliphatic carbocycles. The number of carbonyl (C=O) groups excluding carboxylic acids is 1. The van der Waals surface area contributed by atoms with Gasteiger partial charge in [-0.15, -0.1) is 11.8 Å². The summed E-state index contributed by atoms with van der Waals surface area (Å²) < 4.78 is 0. The van der Waals surface area contributed by atoms with Crippen LogP contribution in [0.2, 0.25) is 0 Å². The summed E-state index contributed by atoms with van der Waals surface area (Å²) in [7, 11) is 0. The number of Topliss-reactive ketones (excluding diaryl/α,β-unsaturated/α-hetero) is 1. The molecule has 110 valence electrons. The highest BCUT2D eigenvalue weighted by Crippen LogP contribution is 2.29. The molecule has 0 fully saturated rings. The maximum atomic E-state index is 11.4. The van der Waals surface area contributed by atoms with Crippen molar-refractivity contribution in [2.75, 3.05) is 0 Å². The van der Waals surface area contributed by atoms with Gasteiger partial charge in [0.05, 0.1) is 0 Å². The quantitative estimate of drug-likeness (QED) is 0.623. The minimum absolute atomic E-state index is 0.0162. The number of hydrogen-bond acceptors (Lipinski definition) is 3. The molecule has 0 spiro atoms. The van der Waals surface area contributed by atoms with Gasteiger partial charge >= 0.3 is 0 Å². The van der Waals surface area contributed by atoms with E-state index in [-0.39, 0.29) is 11.5 Å². The molecule has 3 heteroatoms. The summed E-state index contributed by atoms with van der Waals surface area (Å²) in [5.74, 6) is 1.43. The van der Waals surface area contributed by atoms with Crippen molar-refractivity contribution < 1.29 is 9.90 Å². The van der Waals surface area contributed by atoms with E-state index in [1.165, 1.54) is 12.5 Å². The molecule has 0 unspecified atom stereocenters. The number of benzene rings is 2. The highest BCUT2D eigenvalue weighted by molar-refractivity contribution is 7.98.